The molecule has 146 valence electrons. The Bertz CT molecular complexity index is 869. The molecule has 2 fully saturated rings. The van der Waals surface area contributed by atoms with Crippen molar-refractivity contribution in [3.8, 4) is 11.5 Å². The van der Waals surface area contributed by atoms with Crippen molar-refractivity contribution in [2.75, 3.05) is 33.0 Å². The Hall–Kier alpha value is -2.53. The molecule has 0 saturated carbocycles. The Kier molecular flexibility index (Phi) is 4.47. The van der Waals surface area contributed by atoms with Crippen LogP contribution in [-0.2, 0) is 17.8 Å². The van der Waals surface area contributed by atoms with E-state index in [1.807, 2.05) is 18.2 Å². The summed E-state index contributed by atoms with van der Waals surface area (Å²) >= 11 is 0. The molecular weight excluding hydrogens is 352 g/mol. The molecule has 1 amide bonds. The molecule has 2 saturated heterocycles. The summed E-state index contributed by atoms with van der Waals surface area (Å²) in [6.07, 6.45) is 2.86. The highest BCUT2D eigenvalue weighted by molar-refractivity contribution is 5.85. The van der Waals surface area contributed by atoms with E-state index in [0.717, 1.165) is 69.0 Å². The first kappa shape index (κ1) is 17.6. The molecule has 0 aliphatic carbocycles. The van der Waals surface area contributed by atoms with E-state index in [4.69, 9.17) is 9.47 Å². The number of rotatable bonds is 5. The zero-order chi connectivity index (χ0) is 19.0. The van der Waals surface area contributed by atoms with Gasteiger partial charge in [0.25, 0.3) is 0 Å². The molecule has 2 aromatic carbocycles. The van der Waals surface area contributed by atoms with Crippen LogP contribution in [0, 0.1) is 5.41 Å². The van der Waals surface area contributed by atoms with Gasteiger partial charge in [0, 0.05) is 31.7 Å². The average molecular weight is 378 g/mol. The van der Waals surface area contributed by atoms with E-state index < -0.39 is 0 Å². The van der Waals surface area contributed by atoms with Gasteiger partial charge in [-0.2, -0.15) is 0 Å². The smallest absolute Gasteiger partial charge is 0.231 e. The van der Waals surface area contributed by atoms with Gasteiger partial charge in [0.1, 0.15) is 0 Å². The van der Waals surface area contributed by atoms with Crippen LogP contribution in [0.1, 0.15) is 24.0 Å². The number of carbonyl (C=O) groups is 1. The zero-order valence-corrected chi connectivity index (χ0v) is 16.1. The lowest BCUT2D eigenvalue weighted by molar-refractivity contribution is -0.135. The minimum Gasteiger partial charge on any atom is -0.454 e. The van der Waals surface area contributed by atoms with Crippen LogP contribution < -0.4 is 9.47 Å². The number of benzene rings is 2. The van der Waals surface area contributed by atoms with Crippen LogP contribution in [0.15, 0.2) is 48.5 Å². The second-order valence-corrected chi connectivity index (χ2v) is 8.17. The van der Waals surface area contributed by atoms with E-state index in [1.165, 1.54) is 5.56 Å². The number of para-hydroxylation sites is 1. The quantitative estimate of drug-likeness (QED) is 0.802. The van der Waals surface area contributed by atoms with Crippen LogP contribution in [0.25, 0.3) is 0 Å². The van der Waals surface area contributed by atoms with Gasteiger partial charge in [0.15, 0.2) is 11.5 Å². The maximum atomic E-state index is 13.2. The van der Waals surface area contributed by atoms with E-state index in [1.54, 1.807) is 0 Å². The summed E-state index contributed by atoms with van der Waals surface area (Å²) in [6.45, 7) is 4.62. The van der Waals surface area contributed by atoms with Crippen LogP contribution in [0.5, 0.6) is 11.5 Å². The number of hydrogen-bond acceptors (Lipinski definition) is 4. The molecule has 0 bridgehead atoms. The van der Waals surface area contributed by atoms with Crippen molar-refractivity contribution in [2.24, 2.45) is 5.41 Å². The fraction of sp³-hybridized carbons (Fsp3) is 0.435. The number of nitrogens with zero attached hydrogens (tertiary/aromatic N) is 2. The maximum Gasteiger partial charge on any atom is 0.231 e. The van der Waals surface area contributed by atoms with Crippen molar-refractivity contribution in [3.63, 3.8) is 0 Å². The van der Waals surface area contributed by atoms with E-state index in [2.05, 4.69) is 40.1 Å². The Balaban J connectivity index is 1.22. The van der Waals surface area contributed by atoms with Crippen molar-refractivity contribution in [3.05, 3.63) is 59.7 Å². The predicted octanol–water partition coefficient (Wildman–Crippen LogP) is 3.08. The summed E-state index contributed by atoms with van der Waals surface area (Å²) in [7, 11) is 0. The minimum absolute atomic E-state index is 0.188. The lowest BCUT2D eigenvalue weighted by Crippen LogP contribution is -2.37. The Morgan fingerprint density at radius 3 is 2.71 bits per heavy atom. The maximum absolute atomic E-state index is 13.2. The number of hydrogen-bond donors (Lipinski definition) is 0. The monoisotopic (exact) mass is 378 g/mol. The minimum atomic E-state index is -0.188. The van der Waals surface area contributed by atoms with E-state index >= 15 is 0 Å². The van der Waals surface area contributed by atoms with Crippen molar-refractivity contribution < 1.29 is 14.3 Å². The second-order valence-electron chi connectivity index (χ2n) is 8.17. The lowest BCUT2D eigenvalue weighted by atomic mass is 9.85. The SMILES string of the molecule is O=C1N(CCc2ccccc2)CCC12CCN(Cc1cccc3c1OCO3)C2. The van der Waals surface area contributed by atoms with Gasteiger partial charge in [-0.3, -0.25) is 9.69 Å². The largest absolute Gasteiger partial charge is 0.454 e. The standard InChI is InChI=1S/C23H26N2O3/c26-22-23(11-14-25(22)12-9-18-5-2-1-3-6-18)10-13-24(16-23)15-19-7-4-8-20-21(19)28-17-27-20/h1-8H,9-17H2. The fourth-order valence-electron chi connectivity index (χ4n) is 4.84. The zero-order valence-electron chi connectivity index (χ0n) is 16.1. The van der Waals surface area contributed by atoms with Gasteiger partial charge < -0.3 is 14.4 Å². The molecule has 1 unspecified atom stereocenters. The first-order valence-electron chi connectivity index (χ1n) is 10.2. The molecule has 2 aromatic rings. The first-order valence-corrected chi connectivity index (χ1v) is 10.2. The number of ether oxygens (including phenoxy) is 2. The summed E-state index contributed by atoms with van der Waals surface area (Å²) in [4.78, 5) is 17.7. The third kappa shape index (κ3) is 3.14. The molecule has 5 rings (SSSR count). The van der Waals surface area contributed by atoms with Crippen LogP contribution >= 0.6 is 0 Å². The molecule has 0 aromatic heterocycles. The van der Waals surface area contributed by atoms with E-state index in [-0.39, 0.29) is 5.41 Å². The fourth-order valence-corrected chi connectivity index (χ4v) is 4.84. The average Bonchev–Trinajstić information content (AvgIpc) is 3.43. The van der Waals surface area contributed by atoms with Gasteiger partial charge in [0.05, 0.1) is 5.41 Å². The number of carbonyl (C=O) groups excluding carboxylic acids is 1. The van der Waals surface area contributed by atoms with Crippen molar-refractivity contribution in [2.45, 2.75) is 25.8 Å². The van der Waals surface area contributed by atoms with Crippen molar-refractivity contribution in [1.82, 2.24) is 9.80 Å². The molecule has 3 heterocycles. The Morgan fingerprint density at radius 1 is 0.964 bits per heavy atom. The third-order valence-electron chi connectivity index (χ3n) is 6.42. The van der Waals surface area contributed by atoms with E-state index in [9.17, 15) is 4.79 Å². The Labute approximate surface area is 165 Å². The van der Waals surface area contributed by atoms with Crippen LogP contribution in [0.2, 0.25) is 0 Å². The van der Waals surface area contributed by atoms with Gasteiger partial charge in [0.2, 0.25) is 12.7 Å². The predicted molar refractivity (Wildman–Crippen MR) is 106 cm³/mol. The summed E-state index contributed by atoms with van der Waals surface area (Å²) in [6, 6.07) is 16.5. The molecule has 5 nitrogen and oxygen atoms in total. The second kappa shape index (κ2) is 7.13. The number of fused-ring (bicyclic) bond motifs is 1. The molecule has 0 radical (unpaired) electrons. The highest BCUT2D eigenvalue weighted by atomic mass is 16.7. The molecule has 5 heteroatoms. The van der Waals surface area contributed by atoms with Gasteiger partial charge >= 0.3 is 0 Å². The number of likely N-dealkylation sites (tertiary alicyclic amines) is 2. The summed E-state index contributed by atoms with van der Waals surface area (Å²) < 4.78 is 11.1. The van der Waals surface area contributed by atoms with Gasteiger partial charge in [-0.25, -0.2) is 0 Å². The summed E-state index contributed by atoms with van der Waals surface area (Å²) in [5.74, 6) is 2.05. The highest BCUT2D eigenvalue weighted by Crippen LogP contribution is 2.42. The van der Waals surface area contributed by atoms with Gasteiger partial charge in [-0.1, -0.05) is 42.5 Å². The van der Waals surface area contributed by atoms with Gasteiger partial charge in [-0.05, 0) is 37.4 Å². The van der Waals surface area contributed by atoms with Crippen molar-refractivity contribution in [1.29, 1.82) is 0 Å². The molecular formula is C23H26N2O3. The number of amides is 1. The third-order valence-corrected chi connectivity index (χ3v) is 6.42. The molecule has 1 spiro atoms. The topological polar surface area (TPSA) is 42.0 Å². The molecule has 3 aliphatic rings. The van der Waals surface area contributed by atoms with E-state index in [0.29, 0.717) is 12.7 Å². The molecule has 1 atom stereocenters. The molecule has 3 aliphatic heterocycles. The summed E-state index contributed by atoms with van der Waals surface area (Å²) in [5, 5.41) is 0. The Morgan fingerprint density at radius 2 is 1.82 bits per heavy atom. The lowest BCUT2D eigenvalue weighted by Gasteiger charge is -2.24. The van der Waals surface area contributed by atoms with Crippen LogP contribution in [0.4, 0.5) is 0 Å². The first-order chi connectivity index (χ1) is 13.7. The van der Waals surface area contributed by atoms with Crippen molar-refractivity contribution >= 4 is 5.91 Å². The van der Waals surface area contributed by atoms with Crippen LogP contribution in [-0.4, -0.2) is 48.7 Å². The molecule has 0 N–H and O–H groups in total. The van der Waals surface area contributed by atoms with Crippen LogP contribution in [0.3, 0.4) is 0 Å². The highest BCUT2D eigenvalue weighted by Gasteiger charge is 2.50. The normalized spacial score (nSPS) is 23.9. The summed E-state index contributed by atoms with van der Waals surface area (Å²) in [5.41, 5.74) is 2.26. The van der Waals surface area contributed by atoms with Gasteiger partial charge in [-0.15, -0.1) is 0 Å². The molecule has 28 heavy (non-hydrogen) atoms.